The molecule has 4 aliphatic carbocycles. The van der Waals surface area contributed by atoms with E-state index >= 15 is 0 Å². The van der Waals surface area contributed by atoms with Crippen LogP contribution in [0.2, 0.25) is 0 Å². The number of rotatable bonds is 4. The second-order valence-electron chi connectivity index (χ2n) is 7.41. The van der Waals surface area contributed by atoms with E-state index in [2.05, 4.69) is 11.6 Å². The van der Waals surface area contributed by atoms with Crippen LogP contribution in [0.15, 0.2) is 0 Å². The van der Waals surface area contributed by atoms with Gasteiger partial charge in [0.25, 0.3) is 10.2 Å². The summed E-state index contributed by atoms with van der Waals surface area (Å²) in [6, 6.07) is 0.0632. The van der Waals surface area contributed by atoms with Crippen LogP contribution >= 0.6 is 0 Å². The Hall–Kier alpha value is -0.130. The Morgan fingerprint density at radius 3 is 1.84 bits per heavy atom. The molecule has 0 aliphatic heterocycles. The molecule has 0 amide bonds. The Bertz CT molecular complexity index is 423. The summed E-state index contributed by atoms with van der Waals surface area (Å²) in [5.41, 5.74) is 0.234. The minimum Gasteiger partial charge on any atom is -0.199 e. The first-order chi connectivity index (χ1) is 8.81. The van der Waals surface area contributed by atoms with E-state index in [0.717, 1.165) is 17.8 Å². The van der Waals surface area contributed by atoms with Crippen LogP contribution in [0.4, 0.5) is 0 Å². The summed E-state index contributed by atoms with van der Waals surface area (Å²) in [7, 11) is -0.124. The number of hydrogen-bond donors (Lipinski definition) is 1. The van der Waals surface area contributed by atoms with Crippen molar-refractivity contribution in [3.05, 3.63) is 0 Å². The highest BCUT2D eigenvalue weighted by molar-refractivity contribution is 7.87. The Labute approximate surface area is 117 Å². The van der Waals surface area contributed by atoms with E-state index in [4.69, 9.17) is 0 Å². The van der Waals surface area contributed by atoms with Crippen LogP contribution in [0.5, 0.6) is 0 Å². The van der Waals surface area contributed by atoms with Crippen molar-refractivity contribution in [1.82, 2.24) is 9.03 Å². The lowest BCUT2D eigenvalue weighted by molar-refractivity contribution is -0.0667. The maximum Gasteiger partial charge on any atom is 0.279 e. The summed E-state index contributed by atoms with van der Waals surface area (Å²) in [5.74, 6) is 2.58. The maximum atomic E-state index is 12.0. The van der Waals surface area contributed by atoms with Crippen LogP contribution in [-0.4, -0.2) is 32.9 Å². The molecule has 1 atom stereocenters. The second-order valence-corrected chi connectivity index (χ2v) is 9.32. The van der Waals surface area contributed by atoms with E-state index < -0.39 is 10.2 Å². The zero-order valence-electron chi connectivity index (χ0n) is 12.2. The van der Waals surface area contributed by atoms with Crippen LogP contribution in [0, 0.1) is 23.2 Å². The summed E-state index contributed by atoms with van der Waals surface area (Å²) in [6.45, 7) is 2.08. The molecule has 0 saturated heterocycles. The van der Waals surface area contributed by atoms with Crippen molar-refractivity contribution in [2.75, 3.05) is 14.1 Å². The molecule has 4 bridgehead atoms. The SMILES string of the molecule is CC(NS(=O)(=O)N(C)C)C12CC3CC(CC(C3)C1)C2. The third-order valence-corrected chi connectivity index (χ3v) is 7.42. The first kappa shape index (κ1) is 13.8. The fourth-order valence-corrected chi connectivity index (χ4v) is 6.07. The van der Waals surface area contributed by atoms with Crippen molar-refractivity contribution in [1.29, 1.82) is 0 Å². The highest BCUT2D eigenvalue weighted by Gasteiger charge is 2.53. The van der Waals surface area contributed by atoms with Crippen LogP contribution < -0.4 is 4.72 Å². The molecule has 0 spiro atoms. The summed E-state index contributed by atoms with van der Waals surface area (Å²) < 4.78 is 28.3. The molecule has 0 aromatic carbocycles. The third-order valence-electron chi connectivity index (χ3n) is 5.81. The van der Waals surface area contributed by atoms with Crippen LogP contribution in [-0.2, 0) is 10.2 Å². The lowest BCUT2D eigenvalue weighted by atomic mass is 9.48. The molecule has 5 heteroatoms. The summed E-state index contributed by atoms with van der Waals surface area (Å²) >= 11 is 0. The zero-order valence-corrected chi connectivity index (χ0v) is 13.0. The van der Waals surface area contributed by atoms with E-state index in [1.807, 2.05) is 0 Å². The zero-order chi connectivity index (χ0) is 13.8. The predicted molar refractivity (Wildman–Crippen MR) is 75.8 cm³/mol. The number of hydrogen-bond acceptors (Lipinski definition) is 2. The maximum absolute atomic E-state index is 12.0. The van der Waals surface area contributed by atoms with Crippen LogP contribution in [0.25, 0.3) is 0 Å². The van der Waals surface area contributed by atoms with Gasteiger partial charge < -0.3 is 0 Å². The van der Waals surface area contributed by atoms with Gasteiger partial charge in [-0.3, -0.25) is 0 Å². The Kier molecular flexibility index (Phi) is 3.23. The average Bonchev–Trinajstić information content (AvgIpc) is 2.26. The van der Waals surface area contributed by atoms with Gasteiger partial charge in [0.2, 0.25) is 0 Å². The van der Waals surface area contributed by atoms with E-state index in [-0.39, 0.29) is 11.5 Å². The average molecular weight is 286 g/mol. The molecule has 4 fully saturated rings. The minimum atomic E-state index is -3.31. The van der Waals surface area contributed by atoms with Crippen LogP contribution in [0.3, 0.4) is 0 Å². The summed E-state index contributed by atoms with van der Waals surface area (Å²) in [6.07, 6.45) is 7.88. The molecule has 0 aromatic rings. The lowest BCUT2D eigenvalue weighted by Gasteiger charge is -2.59. The fourth-order valence-electron chi connectivity index (χ4n) is 5.16. The van der Waals surface area contributed by atoms with Gasteiger partial charge in [0, 0.05) is 20.1 Å². The Balaban J connectivity index is 1.78. The van der Waals surface area contributed by atoms with Gasteiger partial charge in [-0.2, -0.15) is 17.4 Å². The summed E-state index contributed by atoms with van der Waals surface area (Å²) in [4.78, 5) is 0. The molecule has 4 saturated carbocycles. The first-order valence-corrected chi connectivity index (χ1v) is 8.94. The van der Waals surface area contributed by atoms with Crippen molar-refractivity contribution < 1.29 is 8.42 Å². The number of nitrogens with zero attached hydrogens (tertiary/aromatic N) is 1. The summed E-state index contributed by atoms with van der Waals surface area (Å²) in [5, 5.41) is 0. The molecule has 0 heterocycles. The highest BCUT2D eigenvalue weighted by atomic mass is 32.2. The fraction of sp³-hybridized carbons (Fsp3) is 1.00. The Morgan fingerprint density at radius 2 is 1.47 bits per heavy atom. The molecule has 0 aromatic heterocycles. The molecule has 19 heavy (non-hydrogen) atoms. The topological polar surface area (TPSA) is 49.4 Å². The van der Waals surface area contributed by atoms with E-state index in [0.29, 0.717) is 0 Å². The largest absolute Gasteiger partial charge is 0.279 e. The minimum absolute atomic E-state index is 0.0632. The van der Waals surface area contributed by atoms with Gasteiger partial charge in [-0.05, 0) is 68.6 Å². The molecule has 0 radical (unpaired) electrons. The normalized spacial score (nSPS) is 42.8. The highest BCUT2D eigenvalue weighted by Crippen LogP contribution is 2.61. The van der Waals surface area contributed by atoms with Gasteiger partial charge in [0.05, 0.1) is 0 Å². The second kappa shape index (κ2) is 4.43. The van der Waals surface area contributed by atoms with Crippen molar-refractivity contribution in [3.8, 4) is 0 Å². The van der Waals surface area contributed by atoms with Crippen molar-refractivity contribution in [2.24, 2.45) is 23.2 Å². The lowest BCUT2D eigenvalue weighted by Crippen LogP contribution is -2.57. The molecule has 4 nitrogen and oxygen atoms in total. The third kappa shape index (κ3) is 2.34. The Morgan fingerprint density at radius 1 is 1.05 bits per heavy atom. The van der Waals surface area contributed by atoms with Gasteiger partial charge in [-0.15, -0.1) is 0 Å². The monoisotopic (exact) mass is 286 g/mol. The smallest absolute Gasteiger partial charge is 0.199 e. The molecular weight excluding hydrogens is 260 g/mol. The molecule has 110 valence electrons. The molecule has 4 rings (SSSR count). The van der Waals surface area contributed by atoms with Crippen molar-refractivity contribution in [2.45, 2.75) is 51.5 Å². The molecule has 4 aliphatic rings. The van der Waals surface area contributed by atoms with Gasteiger partial charge in [0.1, 0.15) is 0 Å². The van der Waals surface area contributed by atoms with E-state index in [9.17, 15) is 8.42 Å². The van der Waals surface area contributed by atoms with Gasteiger partial charge >= 0.3 is 0 Å². The van der Waals surface area contributed by atoms with E-state index in [1.165, 1.54) is 42.8 Å². The predicted octanol–water partition coefficient (Wildman–Crippen LogP) is 1.99. The van der Waals surface area contributed by atoms with E-state index in [1.54, 1.807) is 14.1 Å². The quantitative estimate of drug-likeness (QED) is 0.859. The van der Waals surface area contributed by atoms with Gasteiger partial charge in [-0.1, -0.05) is 0 Å². The van der Waals surface area contributed by atoms with Crippen molar-refractivity contribution >= 4 is 10.2 Å². The molecular formula is C14H26N2O2S. The van der Waals surface area contributed by atoms with Crippen molar-refractivity contribution in [3.63, 3.8) is 0 Å². The first-order valence-electron chi connectivity index (χ1n) is 7.50. The van der Waals surface area contributed by atoms with Crippen LogP contribution in [0.1, 0.15) is 45.4 Å². The molecule has 1 N–H and O–H groups in total. The van der Waals surface area contributed by atoms with Gasteiger partial charge in [-0.25, -0.2) is 0 Å². The standard InChI is InChI=1S/C14H26N2O2S/c1-10(15-19(17,18)16(2)3)14-7-11-4-12(8-14)6-13(5-11)9-14/h10-13,15H,4-9H2,1-3H3. The molecule has 1 unspecified atom stereocenters. The van der Waals surface area contributed by atoms with Gasteiger partial charge in [0.15, 0.2) is 0 Å². The number of nitrogens with one attached hydrogen (secondary N) is 1.